The van der Waals surface area contributed by atoms with Gasteiger partial charge in [0.05, 0.1) is 5.22 Å². The van der Waals surface area contributed by atoms with Crippen LogP contribution in [0.2, 0.25) is 0 Å². The molecule has 1 aromatic heterocycles. The molecule has 0 unspecified atom stereocenters. The highest BCUT2D eigenvalue weighted by Gasteiger charge is 2.11. The molecule has 5 nitrogen and oxygen atoms in total. The number of nitrogens with two attached hydrogens (primary N) is 1. The van der Waals surface area contributed by atoms with Crippen molar-refractivity contribution in [3.05, 3.63) is 16.2 Å². The molecular formula is C10H6N4O. The van der Waals surface area contributed by atoms with Crippen molar-refractivity contribution in [2.24, 2.45) is 0 Å². The Kier molecular flexibility index (Phi) is 2.76. The molecule has 0 saturated carbocycles. The van der Waals surface area contributed by atoms with Crippen molar-refractivity contribution in [3.63, 3.8) is 0 Å². The van der Waals surface area contributed by atoms with E-state index in [1.165, 1.54) is 0 Å². The van der Waals surface area contributed by atoms with Crippen LogP contribution < -0.4 is 16.4 Å². The first-order chi connectivity index (χ1) is 7.19. The second-order valence-corrected chi connectivity index (χ2v) is 2.58. The van der Waals surface area contributed by atoms with E-state index in [-0.39, 0.29) is 27.7 Å². The van der Waals surface area contributed by atoms with Crippen molar-refractivity contribution in [1.82, 2.24) is 0 Å². The fourth-order valence-electron chi connectivity index (χ4n) is 1.17. The van der Waals surface area contributed by atoms with Crippen LogP contribution in [0.1, 0.15) is 12.5 Å². The minimum atomic E-state index is -0.180. The zero-order valence-corrected chi connectivity index (χ0v) is 7.90. The number of hydrogen-bond donors (Lipinski definition) is 1. The van der Waals surface area contributed by atoms with Crippen LogP contribution in [-0.4, -0.2) is 0 Å². The smallest absolute Gasteiger partial charge is 0.209 e. The van der Waals surface area contributed by atoms with Gasteiger partial charge in [0.1, 0.15) is 34.8 Å². The molecule has 0 atom stereocenters. The molecule has 0 radical (unpaired) electrons. The van der Waals surface area contributed by atoms with Gasteiger partial charge in [-0.2, -0.15) is 15.8 Å². The van der Waals surface area contributed by atoms with E-state index >= 15 is 0 Å². The number of nitrogens with zero attached hydrogens (tertiary/aromatic N) is 3. The van der Waals surface area contributed by atoms with Gasteiger partial charge >= 0.3 is 0 Å². The number of rotatable bonds is 0. The fraction of sp³-hybridized carbons (Fsp3) is 0.100. The third-order valence-electron chi connectivity index (χ3n) is 1.81. The van der Waals surface area contributed by atoms with Crippen LogP contribution in [0.4, 0.5) is 5.88 Å². The minimum absolute atomic E-state index is 0.0289. The maximum Gasteiger partial charge on any atom is 0.209 e. The summed E-state index contributed by atoms with van der Waals surface area (Å²) >= 11 is 0. The van der Waals surface area contributed by atoms with Crippen molar-refractivity contribution < 1.29 is 4.42 Å². The summed E-state index contributed by atoms with van der Waals surface area (Å²) in [6.45, 7) is 1.66. The molecule has 0 aromatic carbocycles. The van der Waals surface area contributed by atoms with E-state index in [0.29, 0.717) is 0 Å². The molecular weight excluding hydrogens is 192 g/mol. The summed E-state index contributed by atoms with van der Waals surface area (Å²) < 4.78 is 5.05. The topological polar surface area (TPSA) is 111 Å². The van der Waals surface area contributed by atoms with E-state index < -0.39 is 0 Å². The van der Waals surface area contributed by atoms with Crippen molar-refractivity contribution in [2.75, 3.05) is 5.73 Å². The van der Waals surface area contributed by atoms with Crippen molar-refractivity contribution >= 4 is 17.5 Å². The molecule has 0 aliphatic carbocycles. The van der Waals surface area contributed by atoms with E-state index in [4.69, 9.17) is 25.9 Å². The van der Waals surface area contributed by atoms with Gasteiger partial charge < -0.3 is 10.2 Å². The third kappa shape index (κ3) is 1.52. The molecule has 2 N–H and O–H groups in total. The lowest BCUT2D eigenvalue weighted by molar-refractivity contribution is 0.549. The van der Waals surface area contributed by atoms with E-state index in [1.54, 1.807) is 31.2 Å². The molecule has 0 fully saturated rings. The zero-order chi connectivity index (χ0) is 11.4. The average Bonchev–Trinajstić information content (AvgIpc) is 2.57. The summed E-state index contributed by atoms with van der Waals surface area (Å²) in [5.41, 5.74) is 5.55. The Labute approximate surface area is 85.6 Å². The number of anilines is 1. The van der Waals surface area contributed by atoms with Gasteiger partial charge in [-0.3, -0.25) is 0 Å². The second-order valence-electron chi connectivity index (χ2n) is 2.58. The summed E-state index contributed by atoms with van der Waals surface area (Å²) in [7, 11) is 0. The Balaban J connectivity index is 4.04. The Bertz CT molecular complexity index is 615. The van der Waals surface area contributed by atoms with Gasteiger partial charge in [-0.1, -0.05) is 0 Å². The maximum absolute atomic E-state index is 8.81. The maximum atomic E-state index is 8.81. The van der Waals surface area contributed by atoms with Gasteiger partial charge in [-0.05, 0) is 13.0 Å². The van der Waals surface area contributed by atoms with Crippen molar-refractivity contribution in [2.45, 2.75) is 6.92 Å². The van der Waals surface area contributed by atoms with Gasteiger partial charge in [0.25, 0.3) is 0 Å². The molecule has 0 aliphatic rings. The molecule has 0 amide bonds. The van der Waals surface area contributed by atoms with E-state index in [2.05, 4.69) is 0 Å². The summed E-state index contributed by atoms with van der Waals surface area (Å²) in [6, 6.07) is 5.21. The van der Waals surface area contributed by atoms with Gasteiger partial charge in [-0.15, -0.1) is 0 Å². The quantitative estimate of drug-likeness (QED) is 0.616. The highest BCUT2D eigenvalue weighted by Crippen LogP contribution is 2.03. The standard InChI is InChI=1S/C10H6N4O/c1-2-8-9(6(3-11)4-12)7(5-13)10(14)15-8/h2H,14H2,1H3. The van der Waals surface area contributed by atoms with Crippen molar-refractivity contribution in [1.29, 1.82) is 15.8 Å². The van der Waals surface area contributed by atoms with Gasteiger partial charge in [0.15, 0.2) is 0 Å². The first-order valence-electron chi connectivity index (χ1n) is 3.98. The minimum Gasteiger partial charge on any atom is -0.440 e. The molecule has 15 heavy (non-hydrogen) atoms. The molecule has 5 heteroatoms. The monoisotopic (exact) mass is 198 g/mol. The lowest BCUT2D eigenvalue weighted by atomic mass is 10.1. The molecule has 0 saturated heterocycles. The SMILES string of the molecule is CC=c1oc(N)c(C#N)c1=C(C#N)C#N. The van der Waals surface area contributed by atoms with Gasteiger partial charge in [0.2, 0.25) is 5.88 Å². The Morgan fingerprint density at radius 2 is 1.93 bits per heavy atom. The van der Waals surface area contributed by atoms with Crippen LogP contribution in [0.5, 0.6) is 0 Å². The third-order valence-corrected chi connectivity index (χ3v) is 1.81. The van der Waals surface area contributed by atoms with Crippen LogP contribution in [0.3, 0.4) is 0 Å². The molecule has 1 heterocycles. The van der Waals surface area contributed by atoms with Gasteiger partial charge in [0, 0.05) is 0 Å². The number of nitrogen functional groups attached to an aromatic ring is 1. The van der Waals surface area contributed by atoms with E-state index in [9.17, 15) is 0 Å². The summed E-state index contributed by atoms with van der Waals surface area (Å²) in [6.07, 6.45) is 1.54. The lowest BCUT2D eigenvalue weighted by Crippen LogP contribution is -2.24. The largest absolute Gasteiger partial charge is 0.440 e. The van der Waals surface area contributed by atoms with E-state index in [0.717, 1.165) is 0 Å². The molecule has 0 aliphatic heterocycles. The van der Waals surface area contributed by atoms with Crippen LogP contribution in [0.25, 0.3) is 11.6 Å². The highest BCUT2D eigenvalue weighted by atomic mass is 16.3. The Morgan fingerprint density at radius 1 is 1.33 bits per heavy atom. The fourth-order valence-corrected chi connectivity index (χ4v) is 1.17. The number of nitriles is 3. The number of furan rings is 1. The first-order valence-corrected chi connectivity index (χ1v) is 3.98. The second kappa shape index (κ2) is 4.00. The van der Waals surface area contributed by atoms with Crippen molar-refractivity contribution in [3.8, 4) is 18.2 Å². The first kappa shape index (κ1) is 10.4. The number of hydrogen-bond acceptors (Lipinski definition) is 5. The molecule has 72 valence electrons. The molecule has 0 spiro atoms. The lowest BCUT2D eigenvalue weighted by Gasteiger charge is -1.81. The van der Waals surface area contributed by atoms with Crippen LogP contribution in [0, 0.1) is 34.0 Å². The Morgan fingerprint density at radius 3 is 2.33 bits per heavy atom. The molecule has 1 rings (SSSR count). The zero-order valence-electron chi connectivity index (χ0n) is 7.90. The average molecular weight is 198 g/mol. The normalized spacial score (nSPS) is 10.1. The summed E-state index contributed by atoms with van der Waals surface area (Å²) in [5, 5.41) is 26.4. The predicted octanol–water partition coefficient (Wildman–Crippen LogP) is -0.268. The van der Waals surface area contributed by atoms with Gasteiger partial charge in [-0.25, -0.2) is 0 Å². The summed E-state index contributed by atoms with van der Waals surface area (Å²) in [4.78, 5) is 0. The Hall–Kier alpha value is -2.71. The molecule has 1 aromatic rings. The van der Waals surface area contributed by atoms with Crippen LogP contribution >= 0.6 is 0 Å². The summed E-state index contributed by atoms with van der Waals surface area (Å²) in [5.74, 6) is -0.0800. The molecule has 0 bridgehead atoms. The van der Waals surface area contributed by atoms with Crippen LogP contribution in [0.15, 0.2) is 4.42 Å². The predicted molar refractivity (Wildman–Crippen MR) is 51.9 cm³/mol. The highest BCUT2D eigenvalue weighted by molar-refractivity contribution is 5.75. The van der Waals surface area contributed by atoms with E-state index in [1.807, 2.05) is 0 Å². The van der Waals surface area contributed by atoms with Crippen LogP contribution in [-0.2, 0) is 0 Å².